The first-order chi connectivity index (χ1) is 8.82. The van der Waals surface area contributed by atoms with E-state index in [0.717, 1.165) is 30.5 Å². The molecule has 0 saturated carbocycles. The minimum atomic E-state index is -4.97. The molecule has 2 nitrogen and oxygen atoms in total. The first kappa shape index (κ1) is 13.3. The normalized spacial score (nSPS) is 11.6. The summed E-state index contributed by atoms with van der Waals surface area (Å²) < 4.78 is 65.0. The van der Waals surface area contributed by atoms with Crippen LogP contribution in [0.1, 0.15) is 5.56 Å². The molecule has 0 atom stereocenters. The van der Waals surface area contributed by atoms with Crippen molar-refractivity contribution in [1.29, 1.82) is 0 Å². The quantitative estimate of drug-likeness (QED) is 0.795. The van der Waals surface area contributed by atoms with Crippen LogP contribution in [0.3, 0.4) is 0 Å². The van der Waals surface area contributed by atoms with Crippen LogP contribution >= 0.6 is 0 Å². The Bertz CT molecular complexity index is 675. The van der Waals surface area contributed by atoms with Crippen molar-refractivity contribution < 1.29 is 22.0 Å². The van der Waals surface area contributed by atoms with Gasteiger partial charge in [-0.2, -0.15) is 13.2 Å². The number of hydrogen-bond acceptors (Lipinski definition) is 1. The van der Waals surface area contributed by atoms with Gasteiger partial charge in [-0.05, 0) is 12.1 Å². The number of aromatic nitrogens is 1. The van der Waals surface area contributed by atoms with Crippen molar-refractivity contribution in [2.24, 2.45) is 0 Å². The number of pyridine rings is 1. The summed E-state index contributed by atoms with van der Waals surface area (Å²) in [6.07, 6.45) is -4.03. The number of benzene rings is 1. The Morgan fingerprint density at radius 1 is 1.00 bits per heavy atom. The third-order valence-electron chi connectivity index (χ3n) is 2.49. The summed E-state index contributed by atoms with van der Waals surface area (Å²) in [5, 5.41) is 0. The third kappa shape index (κ3) is 2.35. The van der Waals surface area contributed by atoms with Gasteiger partial charge in [-0.25, -0.2) is 8.78 Å². The van der Waals surface area contributed by atoms with E-state index in [1.807, 2.05) is 4.98 Å². The number of nitrogens with one attached hydrogen (secondary N) is 1. The Kier molecular flexibility index (Phi) is 3.13. The number of aromatic amines is 1. The topological polar surface area (TPSA) is 32.9 Å². The van der Waals surface area contributed by atoms with Crippen LogP contribution in [0.2, 0.25) is 0 Å². The number of alkyl halides is 3. The molecule has 0 aliphatic heterocycles. The first-order valence-electron chi connectivity index (χ1n) is 5.05. The molecule has 2 rings (SSSR count). The average molecular weight is 275 g/mol. The lowest BCUT2D eigenvalue weighted by molar-refractivity contribution is -0.138. The monoisotopic (exact) mass is 275 g/mol. The van der Waals surface area contributed by atoms with Gasteiger partial charge in [-0.1, -0.05) is 12.1 Å². The predicted octanol–water partition coefficient (Wildman–Crippen LogP) is 3.34. The van der Waals surface area contributed by atoms with Crippen molar-refractivity contribution in [3.63, 3.8) is 0 Å². The van der Waals surface area contributed by atoms with E-state index in [9.17, 15) is 26.7 Å². The van der Waals surface area contributed by atoms with Gasteiger partial charge in [0.25, 0.3) is 5.56 Å². The smallest absolute Gasteiger partial charge is 0.329 e. The highest BCUT2D eigenvalue weighted by atomic mass is 19.4. The second-order valence-electron chi connectivity index (χ2n) is 3.69. The van der Waals surface area contributed by atoms with Crippen LogP contribution in [-0.4, -0.2) is 4.98 Å². The Labute approximate surface area is 103 Å². The van der Waals surface area contributed by atoms with Gasteiger partial charge in [0, 0.05) is 17.3 Å². The minimum absolute atomic E-state index is 0.613. The molecule has 19 heavy (non-hydrogen) atoms. The number of H-pyrrole nitrogens is 1. The highest BCUT2D eigenvalue weighted by Crippen LogP contribution is 2.35. The molecule has 100 valence electrons. The molecule has 0 unspecified atom stereocenters. The molecule has 2 aromatic rings. The molecular formula is C12H6F5NO. The van der Waals surface area contributed by atoms with E-state index in [0.29, 0.717) is 0 Å². The number of hydrogen-bond donors (Lipinski definition) is 1. The van der Waals surface area contributed by atoms with Crippen molar-refractivity contribution >= 4 is 0 Å². The third-order valence-corrected chi connectivity index (χ3v) is 2.49. The molecule has 0 saturated heterocycles. The molecule has 0 spiro atoms. The Morgan fingerprint density at radius 2 is 1.68 bits per heavy atom. The van der Waals surface area contributed by atoms with Crippen LogP contribution in [0.15, 0.2) is 35.3 Å². The lowest BCUT2D eigenvalue weighted by Gasteiger charge is -2.12. The highest BCUT2D eigenvalue weighted by Gasteiger charge is 2.37. The maximum Gasteiger partial charge on any atom is 0.422 e. The number of rotatable bonds is 1. The molecule has 1 aromatic heterocycles. The summed E-state index contributed by atoms with van der Waals surface area (Å²) in [5.74, 6) is -2.72. The van der Waals surface area contributed by atoms with Crippen molar-refractivity contribution in [1.82, 2.24) is 4.98 Å². The fourth-order valence-corrected chi connectivity index (χ4v) is 1.70. The number of halogens is 5. The van der Waals surface area contributed by atoms with Crippen LogP contribution in [0.5, 0.6) is 0 Å². The molecule has 7 heteroatoms. The zero-order chi connectivity index (χ0) is 14.2. The van der Waals surface area contributed by atoms with E-state index < -0.39 is 40.1 Å². The highest BCUT2D eigenvalue weighted by molar-refractivity contribution is 5.68. The van der Waals surface area contributed by atoms with E-state index in [4.69, 9.17) is 0 Å². The van der Waals surface area contributed by atoms with Crippen molar-refractivity contribution in [2.75, 3.05) is 0 Å². The molecule has 0 bridgehead atoms. The fourth-order valence-electron chi connectivity index (χ4n) is 1.70. The zero-order valence-corrected chi connectivity index (χ0v) is 9.18. The van der Waals surface area contributed by atoms with Crippen LogP contribution in [0, 0.1) is 11.6 Å². The van der Waals surface area contributed by atoms with Gasteiger partial charge in [0.2, 0.25) is 0 Å². The summed E-state index contributed by atoms with van der Waals surface area (Å²) in [6.45, 7) is 0. The van der Waals surface area contributed by atoms with E-state index in [1.165, 1.54) is 0 Å². The summed E-state index contributed by atoms with van der Waals surface area (Å²) in [6, 6.07) is 3.69. The molecule has 0 fully saturated rings. The predicted molar refractivity (Wildman–Crippen MR) is 57.4 cm³/mol. The first-order valence-corrected chi connectivity index (χ1v) is 5.05. The Hall–Kier alpha value is -2.18. The lowest BCUT2D eigenvalue weighted by atomic mass is 10.0. The molecule has 1 heterocycles. The molecule has 1 aromatic carbocycles. The summed E-state index contributed by atoms with van der Waals surface area (Å²) in [7, 11) is 0. The molecule has 0 radical (unpaired) electrons. The molecule has 1 N–H and O–H groups in total. The summed E-state index contributed by atoms with van der Waals surface area (Å²) in [4.78, 5) is 13.1. The molecular weight excluding hydrogens is 269 g/mol. The van der Waals surface area contributed by atoms with Crippen LogP contribution in [0.25, 0.3) is 11.1 Å². The summed E-state index contributed by atoms with van der Waals surface area (Å²) in [5.41, 5.74) is -4.28. The van der Waals surface area contributed by atoms with Gasteiger partial charge in [0.1, 0.15) is 5.56 Å². The molecule has 0 aliphatic rings. The molecule has 0 aliphatic carbocycles. The maximum absolute atomic E-state index is 13.5. The van der Waals surface area contributed by atoms with Crippen LogP contribution in [0.4, 0.5) is 22.0 Å². The maximum atomic E-state index is 13.5. The van der Waals surface area contributed by atoms with Gasteiger partial charge in [0.05, 0.1) is 0 Å². The second-order valence-corrected chi connectivity index (χ2v) is 3.69. The second kappa shape index (κ2) is 4.49. The van der Waals surface area contributed by atoms with Crippen LogP contribution in [-0.2, 0) is 6.18 Å². The van der Waals surface area contributed by atoms with E-state index in [-0.39, 0.29) is 0 Å². The zero-order valence-electron chi connectivity index (χ0n) is 9.18. The average Bonchev–Trinajstić information content (AvgIpc) is 2.30. The standard InChI is InChI=1S/C12H6F5NO/c13-8-3-1-2-7(10(8)14)6-4-5-18-11(19)9(6)12(15,16)17/h1-5H,(H,18,19). The van der Waals surface area contributed by atoms with Gasteiger partial charge in [-0.15, -0.1) is 0 Å². The fraction of sp³-hybridized carbons (Fsp3) is 0.0833. The van der Waals surface area contributed by atoms with Gasteiger partial charge < -0.3 is 4.98 Å². The SMILES string of the molecule is O=c1[nH]ccc(-c2cccc(F)c2F)c1C(F)(F)F. The molecule has 0 amide bonds. The summed E-state index contributed by atoms with van der Waals surface area (Å²) >= 11 is 0. The largest absolute Gasteiger partial charge is 0.422 e. The van der Waals surface area contributed by atoms with Crippen molar-refractivity contribution in [3.05, 3.63) is 58.0 Å². The van der Waals surface area contributed by atoms with Crippen LogP contribution < -0.4 is 5.56 Å². The Morgan fingerprint density at radius 3 is 2.32 bits per heavy atom. The van der Waals surface area contributed by atoms with Gasteiger partial charge >= 0.3 is 6.18 Å². The Balaban J connectivity index is 2.81. The lowest BCUT2D eigenvalue weighted by Crippen LogP contribution is -2.22. The minimum Gasteiger partial charge on any atom is -0.329 e. The van der Waals surface area contributed by atoms with Crippen molar-refractivity contribution in [3.8, 4) is 11.1 Å². The van der Waals surface area contributed by atoms with E-state index in [1.54, 1.807) is 0 Å². The van der Waals surface area contributed by atoms with E-state index >= 15 is 0 Å². The van der Waals surface area contributed by atoms with Gasteiger partial charge in [-0.3, -0.25) is 4.79 Å². The van der Waals surface area contributed by atoms with E-state index in [2.05, 4.69) is 0 Å². The van der Waals surface area contributed by atoms with Crippen molar-refractivity contribution in [2.45, 2.75) is 6.18 Å². The van der Waals surface area contributed by atoms with Gasteiger partial charge in [0.15, 0.2) is 11.6 Å².